The van der Waals surface area contributed by atoms with Gasteiger partial charge in [0.05, 0.1) is 12.5 Å². The molecular formula is C17H22O3. The number of hydrogen-bond donors (Lipinski definition) is 0. The van der Waals surface area contributed by atoms with E-state index in [0.29, 0.717) is 6.42 Å². The van der Waals surface area contributed by atoms with Gasteiger partial charge in [0, 0.05) is 5.92 Å². The number of carbonyl (C=O) groups excluding carboxylic acids is 1. The first-order chi connectivity index (χ1) is 9.45. The van der Waals surface area contributed by atoms with Crippen LogP contribution in [0.3, 0.4) is 0 Å². The number of esters is 1. The van der Waals surface area contributed by atoms with Crippen molar-refractivity contribution in [2.24, 2.45) is 11.3 Å². The van der Waals surface area contributed by atoms with Crippen molar-refractivity contribution in [2.45, 2.75) is 51.9 Å². The Labute approximate surface area is 120 Å². The molecule has 0 aliphatic carbocycles. The van der Waals surface area contributed by atoms with Gasteiger partial charge in [-0.3, -0.25) is 4.79 Å². The monoisotopic (exact) mass is 274 g/mol. The van der Waals surface area contributed by atoms with E-state index in [9.17, 15) is 4.79 Å². The zero-order chi connectivity index (χ0) is 14.3. The Balaban J connectivity index is 1.82. The number of hydrogen-bond acceptors (Lipinski definition) is 3. The largest absolute Gasteiger partial charge is 0.459 e. The van der Waals surface area contributed by atoms with Crippen LogP contribution in [0.25, 0.3) is 0 Å². The molecule has 1 aromatic rings. The van der Waals surface area contributed by atoms with Crippen LogP contribution in [0.5, 0.6) is 0 Å². The third kappa shape index (κ3) is 2.47. The average molecular weight is 274 g/mol. The minimum Gasteiger partial charge on any atom is -0.459 e. The lowest BCUT2D eigenvalue weighted by molar-refractivity contribution is -0.144. The molecule has 0 amide bonds. The van der Waals surface area contributed by atoms with Gasteiger partial charge in [0.15, 0.2) is 0 Å². The number of fused-ring (bicyclic) bond motifs is 1. The van der Waals surface area contributed by atoms with Gasteiger partial charge in [0.1, 0.15) is 12.2 Å². The van der Waals surface area contributed by atoms with E-state index < -0.39 is 0 Å². The number of ether oxygens (including phenoxy) is 2. The van der Waals surface area contributed by atoms with Gasteiger partial charge in [-0.1, -0.05) is 51.1 Å². The van der Waals surface area contributed by atoms with Crippen molar-refractivity contribution in [1.82, 2.24) is 0 Å². The molecule has 2 fully saturated rings. The third-order valence-corrected chi connectivity index (χ3v) is 4.39. The lowest BCUT2D eigenvalue weighted by Crippen LogP contribution is -2.38. The Morgan fingerprint density at radius 2 is 1.90 bits per heavy atom. The minimum absolute atomic E-state index is 0.0552. The summed E-state index contributed by atoms with van der Waals surface area (Å²) in [7, 11) is 0. The highest BCUT2D eigenvalue weighted by molar-refractivity contribution is 5.72. The Bertz CT molecular complexity index is 489. The molecule has 0 spiro atoms. The first-order valence-corrected chi connectivity index (χ1v) is 7.34. The predicted molar refractivity (Wildman–Crippen MR) is 76.2 cm³/mol. The van der Waals surface area contributed by atoms with Crippen molar-refractivity contribution >= 4 is 5.97 Å². The summed E-state index contributed by atoms with van der Waals surface area (Å²) in [6.45, 7) is 6.61. The van der Waals surface area contributed by atoms with Gasteiger partial charge in [-0.25, -0.2) is 0 Å². The van der Waals surface area contributed by atoms with Gasteiger partial charge < -0.3 is 9.47 Å². The molecule has 3 nitrogen and oxygen atoms in total. The molecule has 0 bridgehead atoms. The summed E-state index contributed by atoms with van der Waals surface area (Å²) in [5.74, 6) is 0.131. The van der Waals surface area contributed by atoms with E-state index in [2.05, 4.69) is 45.0 Å². The Morgan fingerprint density at radius 1 is 1.20 bits per heavy atom. The van der Waals surface area contributed by atoms with Crippen LogP contribution >= 0.6 is 0 Å². The molecule has 2 aliphatic rings. The fourth-order valence-corrected chi connectivity index (χ4v) is 3.58. The molecule has 108 valence electrons. The molecule has 4 atom stereocenters. The first kappa shape index (κ1) is 13.6. The van der Waals surface area contributed by atoms with Crippen LogP contribution in [0.15, 0.2) is 30.3 Å². The molecule has 0 N–H and O–H groups in total. The van der Waals surface area contributed by atoms with Crippen LogP contribution in [0.1, 0.15) is 32.8 Å². The van der Waals surface area contributed by atoms with Gasteiger partial charge in [-0.05, 0) is 17.4 Å². The lowest BCUT2D eigenvalue weighted by atomic mass is 9.73. The Morgan fingerprint density at radius 3 is 2.55 bits per heavy atom. The molecule has 0 radical (unpaired) electrons. The smallest absolute Gasteiger partial charge is 0.308 e. The number of benzene rings is 1. The van der Waals surface area contributed by atoms with Gasteiger partial charge in [-0.15, -0.1) is 0 Å². The summed E-state index contributed by atoms with van der Waals surface area (Å²) in [6.07, 6.45) is 1.28. The molecule has 1 aromatic carbocycles. The summed E-state index contributed by atoms with van der Waals surface area (Å²) in [5, 5.41) is 0. The van der Waals surface area contributed by atoms with Crippen molar-refractivity contribution in [3.8, 4) is 0 Å². The minimum atomic E-state index is -0.118. The predicted octanol–water partition coefficient (Wildman–Crippen LogP) is 2.97. The van der Waals surface area contributed by atoms with E-state index >= 15 is 0 Å². The Hall–Kier alpha value is -1.35. The summed E-state index contributed by atoms with van der Waals surface area (Å²) in [5.41, 5.74) is 1.33. The van der Waals surface area contributed by atoms with E-state index in [4.69, 9.17) is 9.47 Å². The van der Waals surface area contributed by atoms with Crippen LogP contribution in [0, 0.1) is 11.3 Å². The molecule has 2 heterocycles. The maximum atomic E-state index is 11.5. The molecule has 20 heavy (non-hydrogen) atoms. The number of rotatable bonds is 2. The molecular weight excluding hydrogens is 252 g/mol. The highest BCUT2D eigenvalue weighted by Gasteiger charge is 2.55. The van der Waals surface area contributed by atoms with Gasteiger partial charge in [-0.2, -0.15) is 0 Å². The normalized spacial score (nSPS) is 33.0. The van der Waals surface area contributed by atoms with E-state index in [1.54, 1.807) is 0 Å². The quantitative estimate of drug-likeness (QED) is 0.778. The SMILES string of the molecule is CC(C)(C)[C@@H]1C(Cc2ccccc2)O[C@H]2CC(=O)O[C@H]21. The summed E-state index contributed by atoms with van der Waals surface area (Å²) in [6, 6.07) is 10.4. The second-order valence-electron chi connectivity index (χ2n) is 6.95. The first-order valence-electron chi connectivity index (χ1n) is 7.34. The fraction of sp³-hybridized carbons (Fsp3) is 0.588. The molecule has 1 unspecified atom stereocenters. The van der Waals surface area contributed by atoms with Crippen molar-refractivity contribution in [1.29, 1.82) is 0 Å². The summed E-state index contributed by atoms with van der Waals surface area (Å²) in [4.78, 5) is 11.5. The van der Waals surface area contributed by atoms with Gasteiger partial charge >= 0.3 is 5.97 Å². The molecule has 3 rings (SSSR count). The highest BCUT2D eigenvalue weighted by Crippen LogP contribution is 2.45. The fourth-order valence-electron chi connectivity index (χ4n) is 3.58. The second-order valence-corrected chi connectivity index (χ2v) is 6.95. The van der Waals surface area contributed by atoms with E-state index in [1.165, 1.54) is 5.56 Å². The maximum Gasteiger partial charge on any atom is 0.308 e. The third-order valence-electron chi connectivity index (χ3n) is 4.39. The van der Waals surface area contributed by atoms with Crippen molar-refractivity contribution in [3.63, 3.8) is 0 Å². The average Bonchev–Trinajstić information content (AvgIpc) is 2.84. The van der Waals surface area contributed by atoms with Gasteiger partial charge in [0.25, 0.3) is 0 Å². The molecule has 2 aliphatic heterocycles. The maximum absolute atomic E-state index is 11.5. The van der Waals surface area contributed by atoms with E-state index in [-0.39, 0.29) is 35.6 Å². The molecule has 0 saturated carbocycles. The lowest BCUT2D eigenvalue weighted by Gasteiger charge is -2.33. The zero-order valence-corrected chi connectivity index (χ0v) is 12.3. The van der Waals surface area contributed by atoms with Crippen LogP contribution in [0.4, 0.5) is 0 Å². The van der Waals surface area contributed by atoms with Gasteiger partial charge in [0.2, 0.25) is 0 Å². The van der Waals surface area contributed by atoms with Crippen molar-refractivity contribution < 1.29 is 14.3 Å². The second kappa shape index (κ2) is 4.88. The standard InChI is InChI=1S/C17H22O3/c1-17(2,3)15-12(9-11-7-5-4-6-8-11)19-13-10-14(18)20-16(13)15/h4-8,12-13,15-16H,9-10H2,1-3H3/t12?,13-,15+,16+/m0/s1. The Kier molecular flexibility index (Phi) is 3.33. The highest BCUT2D eigenvalue weighted by atomic mass is 16.6. The summed E-state index contributed by atoms with van der Waals surface area (Å²) < 4.78 is 11.7. The van der Waals surface area contributed by atoms with Crippen molar-refractivity contribution in [3.05, 3.63) is 35.9 Å². The number of carbonyl (C=O) groups is 1. The van der Waals surface area contributed by atoms with Crippen LogP contribution in [-0.4, -0.2) is 24.3 Å². The topological polar surface area (TPSA) is 35.5 Å². The van der Waals surface area contributed by atoms with Crippen LogP contribution < -0.4 is 0 Å². The van der Waals surface area contributed by atoms with Crippen LogP contribution in [0.2, 0.25) is 0 Å². The zero-order valence-electron chi connectivity index (χ0n) is 12.3. The molecule has 3 heteroatoms. The molecule has 0 aromatic heterocycles. The molecule has 2 saturated heterocycles. The van der Waals surface area contributed by atoms with E-state index in [0.717, 1.165) is 6.42 Å². The van der Waals surface area contributed by atoms with E-state index in [1.807, 2.05) is 6.07 Å². The van der Waals surface area contributed by atoms with Crippen LogP contribution in [-0.2, 0) is 20.7 Å². The summed E-state index contributed by atoms with van der Waals surface area (Å²) >= 11 is 0. The van der Waals surface area contributed by atoms with Crippen molar-refractivity contribution in [2.75, 3.05) is 0 Å².